The van der Waals surface area contributed by atoms with E-state index in [1.807, 2.05) is 6.92 Å². The summed E-state index contributed by atoms with van der Waals surface area (Å²) in [7, 11) is 0. The Morgan fingerprint density at radius 1 is 1.30 bits per heavy atom. The number of nitrogens with one attached hydrogen (secondary N) is 2. The molecule has 1 fully saturated rings. The Kier molecular flexibility index (Phi) is 7.63. The second-order valence-corrected chi connectivity index (χ2v) is 9.28. The molecule has 1 heterocycles. The van der Waals surface area contributed by atoms with Crippen LogP contribution in [0.5, 0.6) is 0 Å². The van der Waals surface area contributed by atoms with E-state index >= 15 is 0 Å². The lowest BCUT2D eigenvalue weighted by atomic mass is 9.79. The van der Waals surface area contributed by atoms with Gasteiger partial charge in [0.2, 0.25) is 0 Å². The van der Waals surface area contributed by atoms with Crippen LogP contribution in [-0.4, -0.2) is 45.2 Å². The maximum atomic E-state index is 12.8. The summed E-state index contributed by atoms with van der Waals surface area (Å²) in [5.41, 5.74) is 0.564. The van der Waals surface area contributed by atoms with E-state index in [4.69, 9.17) is 11.6 Å². The monoisotopic (exact) mass is 486 g/mol. The van der Waals surface area contributed by atoms with Crippen molar-refractivity contribution in [1.29, 1.82) is 0 Å². The molecule has 1 aliphatic rings. The van der Waals surface area contributed by atoms with Gasteiger partial charge < -0.3 is 15.7 Å². The number of aliphatic hydroxyl groups is 1. The number of hydrogen-bond donors (Lipinski definition) is 3. The molecule has 3 rings (SSSR count). The second kappa shape index (κ2) is 9.93. The van der Waals surface area contributed by atoms with E-state index in [0.717, 1.165) is 19.8 Å². The van der Waals surface area contributed by atoms with Crippen LogP contribution in [0.25, 0.3) is 11.3 Å². The van der Waals surface area contributed by atoms with Gasteiger partial charge in [-0.2, -0.15) is 18.3 Å². The number of alkyl halides is 3. The minimum atomic E-state index is -4.35. The number of amides is 1. The zero-order chi connectivity index (χ0) is 24.4. The summed E-state index contributed by atoms with van der Waals surface area (Å²) in [4.78, 5) is 12.8. The Hall–Kier alpha value is -2.26. The molecular weight excluding hydrogens is 457 g/mol. The molecule has 1 atom stereocenters. The van der Waals surface area contributed by atoms with E-state index in [9.17, 15) is 23.1 Å². The van der Waals surface area contributed by atoms with Crippen molar-refractivity contribution >= 4 is 23.2 Å². The Balaban J connectivity index is 1.75. The number of nitrogens with zero attached hydrogens (tertiary/aromatic N) is 2. The molecule has 1 aliphatic carbocycles. The standard InChI is InChI=1S/C23H30ClF3N4O2/c1-4-31-20(16-5-7-17(8-6-16)29-15(3)23(25,26)27)18(24)19(30-31)21(32)28-13-22(33)11-9-14(2)10-12-22/h5-8,14-15,29,33H,4,9-13H2,1-3H3,(H,28,32)/t14?,15-,22?/m1/s1. The predicted molar refractivity (Wildman–Crippen MR) is 122 cm³/mol. The molecule has 1 saturated carbocycles. The molecule has 0 bridgehead atoms. The van der Waals surface area contributed by atoms with Crippen molar-refractivity contribution in [2.75, 3.05) is 11.9 Å². The van der Waals surface area contributed by atoms with Gasteiger partial charge in [0.15, 0.2) is 5.69 Å². The van der Waals surface area contributed by atoms with Crippen LogP contribution < -0.4 is 10.6 Å². The zero-order valence-electron chi connectivity index (χ0n) is 19.0. The van der Waals surface area contributed by atoms with Gasteiger partial charge in [-0.3, -0.25) is 9.48 Å². The molecule has 182 valence electrons. The largest absolute Gasteiger partial charge is 0.408 e. The lowest BCUT2D eigenvalue weighted by Gasteiger charge is -2.34. The van der Waals surface area contributed by atoms with E-state index in [2.05, 4.69) is 22.7 Å². The predicted octanol–water partition coefficient (Wildman–Crippen LogP) is 5.26. The van der Waals surface area contributed by atoms with Crippen LogP contribution in [0, 0.1) is 5.92 Å². The summed E-state index contributed by atoms with van der Waals surface area (Å²) in [6, 6.07) is 4.63. The van der Waals surface area contributed by atoms with Crippen LogP contribution in [-0.2, 0) is 6.54 Å². The molecule has 33 heavy (non-hydrogen) atoms. The zero-order valence-corrected chi connectivity index (χ0v) is 19.7. The molecule has 0 aliphatic heterocycles. The van der Waals surface area contributed by atoms with Crippen LogP contribution in [0.4, 0.5) is 18.9 Å². The van der Waals surface area contributed by atoms with Crippen molar-refractivity contribution in [2.45, 2.75) is 70.8 Å². The Morgan fingerprint density at radius 2 is 1.91 bits per heavy atom. The molecule has 0 unspecified atom stereocenters. The highest BCUT2D eigenvalue weighted by Crippen LogP contribution is 2.34. The van der Waals surface area contributed by atoms with E-state index in [1.54, 1.807) is 16.8 Å². The van der Waals surface area contributed by atoms with E-state index < -0.39 is 23.7 Å². The van der Waals surface area contributed by atoms with Crippen molar-refractivity contribution in [3.05, 3.63) is 35.0 Å². The highest BCUT2D eigenvalue weighted by molar-refractivity contribution is 6.36. The van der Waals surface area contributed by atoms with Gasteiger partial charge in [-0.05, 0) is 57.6 Å². The molecule has 3 N–H and O–H groups in total. The summed E-state index contributed by atoms with van der Waals surface area (Å²) >= 11 is 6.53. The van der Waals surface area contributed by atoms with Crippen molar-refractivity contribution in [3.63, 3.8) is 0 Å². The third-order valence-electron chi connectivity index (χ3n) is 6.22. The molecule has 6 nitrogen and oxygen atoms in total. The quantitative estimate of drug-likeness (QED) is 0.499. The first kappa shape index (κ1) is 25.4. The van der Waals surface area contributed by atoms with Crippen LogP contribution >= 0.6 is 11.6 Å². The number of hydrogen-bond acceptors (Lipinski definition) is 4. The van der Waals surface area contributed by atoms with E-state index in [0.29, 0.717) is 42.2 Å². The fourth-order valence-electron chi connectivity index (χ4n) is 3.95. The molecule has 1 amide bonds. The summed E-state index contributed by atoms with van der Waals surface area (Å²) < 4.78 is 39.9. The number of aromatic nitrogens is 2. The SMILES string of the molecule is CCn1nc(C(=O)NCC2(O)CCC(C)CC2)c(Cl)c1-c1ccc(N[C@H](C)C(F)(F)F)cc1. The van der Waals surface area contributed by atoms with Crippen molar-refractivity contribution in [1.82, 2.24) is 15.1 Å². The maximum Gasteiger partial charge on any atom is 0.408 e. The molecule has 0 spiro atoms. The minimum absolute atomic E-state index is 0.0502. The summed E-state index contributed by atoms with van der Waals surface area (Å²) in [5, 5.41) is 20.4. The Morgan fingerprint density at radius 3 is 2.45 bits per heavy atom. The molecule has 10 heteroatoms. The number of carbonyl (C=O) groups excluding carboxylic acids is 1. The summed E-state index contributed by atoms with van der Waals surface area (Å²) in [5.74, 6) is 0.0919. The fourth-order valence-corrected chi connectivity index (χ4v) is 4.28. The fraction of sp³-hybridized carbons (Fsp3) is 0.565. The topological polar surface area (TPSA) is 79.2 Å². The van der Waals surface area contributed by atoms with Gasteiger partial charge in [-0.25, -0.2) is 0 Å². The third-order valence-corrected chi connectivity index (χ3v) is 6.58. The molecule has 0 radical (unpaired) electrons. The lowest BCUT2D eigenvalue weighted by Crippen LogP contribution is -2.45. The molecule has 1 aromatic heterocycles. The van der Waals surface area contributed by atoms with Crippen LogP contribution in [0.1, 0.15) is 56.9 Å². The smallest absolute Gasteiger partial charge is 0.388 e. The number of halogens is 4. The average molecular weight is 487 g/mol. The van der Waals surface area contributed by atoms with Gasteiger partial charge in [-0.15, -0.1) is 0 Å². The second-order valence-electron chi connectivity index (χ2n) is 8.90. The number of benzene rings is 1. The Labute approximate surface area is 196 Å². The summed E-state index contributed by atoms with van der Waals surface area (Å²) in [6.07, 6.45) is -1.27. The average Bonchev–Trinajstić information content (AvgIpc) is 3.10. The maximum absolute atomic E-state index is 12.8. The lowest BCUT2D eigenvalue weighted by molar-refractivity contribution is -0.138. The van der Waals surface area contributed by atoms with Gasteiger partial charge in [0.1, 0.15) is 6.04 Å². The highest BCUT2D eigenvalue weighted by atomic mass is 35.5. The van der Waals surface area contributed by atoms with Gasteiger partial charge in [0.25, 0.3) is 5.91 Å². The van der Waals surface area contributed by atoms with Crippen molar-refractivity contribution in [3.8, 4) is 11.3 Å². The molecule has 2 aromatic rings. The first-order valence-corrected chi connectivity index (χ1v) is 11.5. The van der Waals surface area contributed by atoms with Crippen LogP contribution in [0.3, 0.4) is 0 Å². The highest BCUT2D eigenvalue weighted by Gasteiger charge is 2.36. The number of carbonyl (C=O) groups is 1. The third kappa shape index (κ3) is 6.00. The first-order chi connectivity index (χ1) is 15.4. The van der Waals surface area contributed by atoms with E-state index in [1.165, 1.54) is 12.1 Å². The van der Waals surface area contributed by atoms with Gasteiger partial charge in [0, 0.05) is 24.3 Å². The van der Waals surface area contributed by atoms with Gasteiger partial charge in [-0.1, -0.05) is 30.7 Å². The molecule has 0 saturated heterocycles. The number of anilines is 1. The van der Waals surface area contributed by atoms with Gasteiger partial charge >= 0.3 is 6.18 Å². The Bertz CT molecular complexity index is 967. The number of aryl methyl sites for hydroxylation is 1. The van der Waals surface area contributed by atoms with Crippen molar-refractivity contribution in [2.24, 2.45) is 5.92 Å². The molecule has 1 aromatic carbocycles. The normalized spacial score (nSPS) is 22.1. The van der Waals surface area contributed by atoms with E-state index in [-0.39, 0.29) is 17.3 Å². The van der Waals surface area contributed by atoms with Crippen LogP contribution in [0.15, 0.2) is 24.3 Å². The molecular formula is C23H30ClF3N4O2. The van der Waals surface area contributed by atoms with Gasteiger partial charge in [0.05, 0.1) is 16.3 Å². The minimum Gasteiger partial charge on any atom is -0.388 e. The van der Waals surface area contributed by atoms with Crippen LogP contribution in [0.2, 0.25) is 5.02 Å². The van der Waals surface area contributed by atoms with Crippen molar-refractivity contribution < 1.29 is 23.1 Å². The first-order valence-electron chi connectivity index (χ1n) is 11.1. The number of rotatable bonds is 7. The summed E-state index contributed by atoms with van der Waals surface area (Å²) in [6.45, 7) is 5.61.